The highest BCUT2D eigenvalue weighted by molar-refractivity contribution is 5.94. The molecule has 0 spiro atoms. The molecule has 0 aliphatic heterocycles. The molecule has 2 N–H and O–H groups in total. The molecule has 90 valence electrons. The fourth-order valence-corrected chi connectivity index (χ4v) is 1.57. The number of pyridine rings is 2. The van der Waals surface area contributed by atoms with Gasteiger partial charge in [-0.1, -0.05) is 11.3 Å². The molecule has 0 saturated carbocycles. The van der Waals surface area contributed by atoms with E-state index < -0.39 is 5.91 Å². The minimum atomic E-state index is -0.441. The molecule has 2 heterocycles. The maximum Gasteiger partial charge on any atom is 0.274 e. The number of nitrogens with zero attached hydrogens (tertiary/aromatic N) is 3. The average Bonchev–Trinajstić information content (AvgIpc) is 2.41. The summed E-state index contributed by atoms with van der Waals surface area (Å²) in [5, 5.41) is 2.87. The molecule has 0 atom stereocenters. The lowest BCUT2D eigenvalue weighted by Gasteiger charge is -2.05. The van der Waals surface area contributed by atoms with Gasteiger partial charge in [-0.3, -0.25) is 14.8 Å². The number of hydrogen-bond acceptors (Lipinski definition) is 5. The van der Waals surface area contributed by atoms with Crippen LogP contribution < -0.4 is 5.43 Å². The number of amides is 1. The van der Waals surface area contributed by atoms with Gasteiger partial charge in [0.1, 0.15) is 0 Å². The zero-order valence-electron chi connectivity index (χ0n) is 9.50. The molecule has 2 aromatic rings. The minimum Gasteiger partial charge on any atom is -0.267 e. The van der Waals surface area contributed by atoms with E-state index in [2.05, 4.69) is 20.6 Å². The third-order valence-corrected chi connectivity index (χ3v) is 2.37. The first-order valence-corrected chi connectivity index (χ1v) is 5.32. The Hall–Kier alpha value is -2.63. The van der Waals surface area contributed by atoms with Gasteiger partial charge in [0.15, 0.2) is 0 Å². The van der Waals surface area contributed by atoms with E-state index >= 15 is 0 Å². The van der Waals surface area contributed by atoms with Gasteiger partial charge in [0.2, 0.25) is 0 Å². The van der Waals surface area contributed by atoms with E-state index in [0.29, 0.717) is 17.7 Å². The van der Waals surface area contributed by atoms with Crippen LogP contribution >= 0.6 is 0 Å². The molecule has 6 nitrogen and oxygen atoms in total. The third kappa shape index (κ3) is 2.73. The van der Waals surface area contributed by atoms with E-state index in [1.54, 1.807) is 24.5 Å². The molecule has 18 heavy (non-hydrogen) atoms. The van der Waals surface area contributed by atoms with Crippen molar-refractivity contribution in [2.24, 2.45) is 5.22 Å². The Morgan fingerprint density at radius 3 is 2.78 bits per heavy atom. The van der Waals surface area contributed by atoms with E-state index in [1.807, 2.05) is 18.2 Å². The van der Waals surface area contributed by atoms with Crippen molar-refractivity contribution < 1.29 is 4.79 Å². The number of carbonyl (C=O) groups is 1. The Morgan fingerprint density at radius 1 is 1.22 bits per heavy atom. The minimum absolute atomic E-state index is 0.402. The molecule has 0 aliphatic rings. The van der Waals surface area contributed by atoms with Crippen LogP contribution in [0.5, 0.6) is 0 Å². The molecule has 2 aromatic heterocycles. The summed E-state index contributed by atoms with van der Waals surface area (Å²) in [6, 6.07) is 8.89. The van der Waals surface area contributed by atoms with Crippen molar-refractivity contribution in [3.8, 4) is 0 Å². The molecule has 0 fully saturated rings. The van der Waals surface area contributed by atoms with Crippen LogP contribution in [0.15, 0.2) is 47.9 Å². The molecule has 1 amide bonds. The van der Waals surface area contributed by atoms with Crippen LogP contribution in [0, 0.1) is 5.53 Å². The first kappa shape index (κ1) is 11.8. The van der Waals surface area contributed by atoms with Crippen LogP contribution in [0.25, 0.3) is 0 Å². The maximum atomic E-state index is 11.7. The number of nitrogens with one attached hydrogen (secondary N) is 2. The lowest BCUT2D eigenvalue weighted by atomic mass is 10.1. The molecular weight excluding hydrogens is 230 g/mol. The molecule has 6 heteroatoms. The Kier molecular flexibility index (Phi) is 3.70. The molecule has 0 aromatic carbocycles. The SMILES string of the molecule is N=NNC(=O)c1cccnc1Cc1ccccn1. The number of hydrogen-bond donors (Lipinski definition) is 2. The third-order valence-electron chi connectivity index (χ3n) is 2.37. The van der Waals surface area contributed by atoms with Crippen LogP contribution in [0.4, 0.5) is 0 Å². The summed E-state index contributed by atoms with van der Waals surface area (Å²) in [5.41, 5.74) is 10.6. The first-order valence-electron chi connectivity index (χ1n) is 5.32. The first-order chi connectivity index (χ1) is 8.81. The summed E-state index contributed by atoms with van der Waals surface area (Å²) in [6.45, 7) is 0. The second-order valence-corrected chi connectivity index (χ2v) is 3.55. The quantitative estimate of drug-likeness (QED) is 0.631. The fraction of sp³-hybridized carbons (Fsp3) is 0.0833. The smallest absolute Gasteiger partial charge is 0.267 e. The Bertz CT molecular complexity index is 555. The van der Waals surface area contributed by atoms with E-state index in [0.717, 1.165) is 5.69 Å². The molecule has 0 aliphatic carbocycles. The summed E-state index contributed by atoms with van der Waals surface area (Å²) in [4.78, 5) is 20.0. The van der Waals surface area contributed by atoms with Gasteiger partial charge in [0.05, 0.1) is 11.3 Å². The van der Waals surface area contributed by atoms with Crippen molar-refractivity contribution in [2.75, 3.05) is 0 Å². The zero-order valence-corrected chi connectivity index (χ0v) is 9.50. The summed E-state index contributed by atoms with van der Waals surface area (Å²) < 4.78 is 0. The van der Waals surface area contributed by atoms with Crippen molar-refractivity contribution in [1.82, 2.24) is 15.4 Å². The van der Waals surface area contributed by atoms with Gasteiger partial charge in [-0.2, -0.15) is 5.53 Å². The van der Waals surface area contributed by atoms with Gasteiger partial charge in [0, 0.05) is 24.5 Å². The van der Waals surface area contributed by atoms with E-state index in [1.165, 1.54) is 0 Å². The summed E-state index contributed by atoms with van der Waals surface area (Å²) in [7, 11) is 0. The Morgan fingerprint density at radius 2 is 2.06 bits per heavy atom. The lowest BCUT2D eigenvalue weighted by molar-refractivity contribution is 0.0949. The van der Waals surface area contributed by atoms with Crippen LogP contribution in [0.1, 0.15) is 21.7 Å². The van der Waals surface area contributed by atoms with Crippen molar-refractivity contribution in [3.63, 3.8) is 0 Å². The number of aromatic nitrogens is 2. The molecule has 0 saturated heterocycles. The summed E-state index contributed by atoms with van der Waals surface area (Å²) in [5.74, 6) is -0.441. The van der Waals surface area contributed by atoms with Crippen molar-refractivity contribution >= 4 is 5.91 Å². The highest BCUT2D eigenvalue weighted by Gasteiger charge is 2.12. The average molecular weight is 241 g/mol. The number of rotatable bonds is 4. The molecule has 2 rings (SSSR count). The van der Waals surface area contributed by atoms with Crippen LogP contribution in [0.3, 0.4) is 0 Å². The standard InChI is InChI=1S/C12H11N5O/c13-17-16-12(18)10-5-3-7-15-11(10)8-9-4-1-2-6-14-9/h1-7H,8H2,(H2,13,16,18). The van der Waals surface area contributed by atoms with Gasteiger partial charge in [-0.25, -0.2) is 5.43 Å². The zero-order chi connectivity index (χ0) is 12.8. The molecule has 0 bridgehead atoms. The van der Waals surface area contributed by atoms with Crippen molar-refractivity contribution in [1.29, 1.82) is 5.53 Å². The maximum absolute atomic E-state index is 11.7. The highest BCUT2D eigenvalue weighted by Crippen LogP contribution is 2.10. The van der Waals surface area contributed by atoms with Crippen LogP contribution in [-0.4, -0.2) is 15.9 Å². The van der Waals surface area contributed by atoms with Crippen LogP contribution in [-0.2, 0) is 6.42 Å². The molecule has 0 unspecified atom stereocenters. The Balaban J connectivity index is 2.28. The predicted molar refractivity (Wildman–Crippen MR) is 63.9 cm³/mol. The van der Waals surface area contributed by atoms with Crippen LogP contribution in [0.2, 0.25) is 0 Å². The molecular formula is C12H11N5O. The van der Waals surface area contributed by atoms with Gasteiger partial charge >= 0.3 is 0 Å². The Labute approximate surface area is 104 Å². The van der Waals surface area contributed by atoms with Gasteiger partial charge < -0.3 is 0 Å². The van der Waals surface area contributed by atoms with Crippen molar-refractivity contribution in [3.05, 3.63) is 59.7 Å². The second-order valence-electron chi connectivity index (χ2n) is 3.55. The van der Waals surface area contributed by atoms with E-state index in [4.69, 9.17) is 5.53 Å². The normalized spacial score (nSPS) is 9.78. The predicted octanol–water partition coefficient (Wildman–Crippen LogP) is 1.74. The molecule has 0 radical (unpaired) electrons. The second kappa shape index (κ2) is 5.62. The van der Waals surface area contributed by atoms with Crippen molar-refractivity contribution in [2.45, 2.75) is 6.42 Å². The summed E-state index contributed by atoms with van der Waals surface area (Å²) in [6.07, 6.45) is 3.77. The van der Waals surface area contributed by atoms with Gasteiger partial charge in [-0.15, -0.1) is 0 Å². The number of carbonyl (C=O) groups excluding carboxylic acids is 1. The van der Waals surface area contributed by atoms with Gasteiger partial charge in [-0.05, 0) is 24.3 Å². The van der Waals surface area contributed by atoms with Gasteiger partial charge in [0.25, 0.3) is 5.91 Å². The van der Waals surface area contributed by atoms with E-state index in [-0.39, 0.29) is 0 Å². The largest absolute Gasteiger partial charge is 0.274 e. The fourth-order valence-electron chi connectivity index (χ4n) is 1.57. The lowest BCUT2D eigenvalue weighted by Crippen LogP contribution is -2.19. The monoisotopic (exact) mass is 241 g/mol. The van der Waals surface area contributed by atoms with E-state index in [9.17, 15) is 4.79 Å². The topological polar surface area (TPSA) is 91.1 Å². The summed E-state index contributed by atoms with van der Waals surface area (Å²) >= 11 is 0. The highest BCUT2D eigenvalue weighted by atomic mass is 16.2.